The second-order valence-electron chi connectivity index (χ2n) is 6.71. The molecule has 1 aliphatic heterocycles. The van der Waals surface area contributed by atoms with Gasteiger partial charge in [0.15, 0.2) is 0 Å². The molecule has 3 rings (SSSR count). The van der Waals surface area contributed by atoms with Gasteiger partial charge in [0.2, 0.25) is 0 Å². The van der Waals surface area contributed by atoms with E-state index in [2.05, 4.69) is 46.4 Å². The fourth-order valence-electron chi connectivity index (χ4n) is 3.05. The van der Waals surface area contributed by atoms with E-state index >= 15 is 0 Å². The minimum Gasteiger partial charge on any atom is -0.393 e. The predicted octanol–water partition coefficient (Wildman–Crippen LogP) is 3.26. The van der Waals surface area contributed by atoms with Crippen LogP contribution in [-0.2, 0) is 13.1 Å². The number of thiazole rings is 1. The number of nitrogens with one attached hydrogen (secondary N) is 1. The van der Waals surface area contributed by atoms with Gasteiger partial charge in [0.25, 0.3) is 0 Å². The van der Waals surface area contributed by atoms with Crippen LogP contribution >= 0.6 is 11.3 Å². The molecule has 24 heavy (non-hydrogen) atoms. The largest absolute Gasteiger partial charge is 0.393 e. The predicted molar refractivity (Wildman–Crippen MR) is 99.1 cm³/mol. The monoisotopic (exact) mass is 345 g/mol. The molecule has 2 heterocycles. The average molecular weight is 346 g/mol. The number of benzene rings is 1. The Morgan fingerprint density at radius 1 is 1.25 bits per heavy atom. The number of aryl methyl sites for hydroxylation is 1. The Morgan fingerprint density at radius 2 is 1.92 bits per heavy atom. The molecular formula is C19H27N3OS. The van der Waals surface area contributed by atoms with Crippen LogP contribution in [0.5, 0.6) is 0 Å². The molecule has 1 atom stereocenters. The van der Waals surface area contributed by atoms with Crippen LogP contribution in [0.25, 0.3) is 0 Å². The van der Waals surface area contributed by atoms with E-state index in [-0.39, 0.29) is 6.10 Å². The molecule has 2 aromatic rings. The normalized spacial score (nSPS) is 18.0. The number of hydrogen-bond acceptors (Lipinski definition) is 5. The Bertz CT molecular complexity index is 632. The molecule has 2 N–H and O–H groups in total. The molecule has 0 amide bonds. The van der Waals surface area contributed by atoms with E-state index in [1.54, 1.807) is 11.3 Å². The molecule has 0 saturated carbocycles. The molecule has 1 fully saturated rings. The van der Waals surface area contributed by atoms with Crippen LogP contribution in [0.2, 0.25) is 0 Å². The van der Waals surface area contributed by atoms with Gasteiger partial charge in [-0.15, -0.1) is 11.3 Å². The summed E-state index contributed by atoms with van der Waals surface area (Å²) in [4.78, 5) is 8.04. The minimum atomic E-state index is -0.0981. The number of likely N-dealkylation sites (tertiary alicyclic amines) is 1. The fourth-order valence-corrected chi connectivity index (χ4v) is 3.86. The first-order chi connectivity index (χ1) is 11.6. The van der Waals surface area contributed by atoms with Gasteiger partial charge >= 0.3 is 0 Å². The van der Waals surface area contributed by atoms with E-state index < -0.39 is 0 Å². The van der Waals surface area contributed by atoms with Crippen LogP contribution in [-0.4, -0.2) is 34.2 Å². The molecule has 1 aromatic heterocycles. The molecule has 0 spiro atoms. The van der Waals surface area contributed by atoms with Gasteiger partial charge in [-0.2, -0.15) is 0 Å². The number of aliphatic hydroxyl groups is 1. The van der Waals surface area contributed by atoms with Gasteiger partial charge < -0.3 is 10.4 Å². The summed E-state index contributed by atoms with van der Waals surface area (Å²) in [5.41, 5.74) is 2.65. The van der Waals surface area contributed by atoms with Crippen molar-refractivity contribution < 1.29 is 5.11 Å². The lowest BCUT2D eigenvalue weighted by Gasteiger charge is -2.29. The summed E-state index contributed by atoms with van der Waals surface area (Å²) < 4.78 is 0. The van der Waals surface area contributed by atoms with E-state index in [1.165, 1.54) is 16.0 Å². The molecule has 130 valence electrons. The molecule has 4 nitrogen and oxygen atoms in total. The minimum absolute atomic E-state index is 0.0981. The number of nitrogens with zero attached hydrogens (tertiary/aromatic N) is 2. The Balaban J connectivity index is 1.47. The maximum Gasteiger partial charge on any atom is 0.0897 e. The fraction of sp³-hybridized carbons (Fsp3) is 0.526. The molecule has 1 aliphatic rings. The Morgan fingerprint density at radius 3 is 2.54 bits per heavy atom. The van der Waals surface area contributed by atoms with E-state index in [1.807, 2.05) is 13.1 Å². The third-order valence-electron chi connectivity index (χ3n) is 4.66. The Kier molecular flexibility index (Phi) is 6.00. The highest BCUT2D eigenvalue weighted by atomic mass is 32.1. The molecule has 0 radical (unpaired) electrons. The van der Waals surface area contributed by atoms with Crippen LogP contribution in [0.3, 0.4) is 0 Å². The van der Waals surface area contributed by atoms with Gasteiger partial charge in [-0.3, -0.25) is 4.90 Å². The van der Waals surface area contributed by atoms with Crippen LogP contribution < -0.4 is 5.32 Å². The van der Waals surface area contributed by atoms with Gasteiger partial charge in [0.1, 0.15) is 0 Å². The summed E-state index contributed by atoms with van der Waals surface area (Å²) in [5, 5.41) is 14.3. The van der Waals surface area contributed by atoms with Crippen LogP contribution in [0.4, 0.5) is 0 Å². The first-order valence-corrected chi connectivity index (χ1v) is 9.56. The van der Waals surface area contributed by atoms with Crippen molar-refractivity contribution in [3.63, 3.8) is 0 Å². The molecule has 5 heteroatoms. The standard InChI is InChI=1S/C19H27N3OS/c1-14(19-12-21-15(2)24-19)20-11-16-3-5-17(6-4-16)13-22-9-7-18(23)8-10-22/h3-6,12,14,18,20,23H,7-11,13H2,1-2H3. The zero-order valence-electron chi connectivity index (χ0n) is 14.5. The summed E-state index contributed by atoms with van der Waals surface area (Å²) >= 11 is 1.76. The number of hydrogen-bond donors (Lipinski definition) is 2. The quantitative estimate of drug-likeness (QED) is 0.844. The van der Waals surface area contributed by atoms with Crippen LogP contribution in [0.15, 0.2) is 30.5 Å². The van der Waals surface area contributed by atoms with Crippen molar-refractivity contribution in [1.29, 1.82) is 0 Å². The summed E-state index contributed by atoms with van der Waals surface area (Å²) in [6.07, 6.45) is 3.67. The lowest BCUT2D eigenvalue weighted by molar-refractivity contribution is 0.0792. The highest BCUT2D eigenvalue weighted by molar-refractivity contribution is 7.11. The molecule has 0 bridgehead atoms. The summed E-state index contributed by atoms with van der Waals surface area (Å²) in [6, 6.07) is 9.21. The first-order valence-electron chi connectivity index (χ1n) is 8.74. The van der Waals surface area contributed by atoms with Crippen molar-refractivity contribution in [2.75, 3.05) is 13.1 Å². The van der Waals surface area contributed by atoms with E-state index in [4.69, 9.17) is 0 Å². The number of aromatic nitrogens is 1. The van der Waals surface area contributed by atoms with E-state index in [0.717, 1.165) is 44.0 Å². The van der Waals surface area contributed by atoms with E-state index in [9.17, 15) is 5.11 Å². The van der Waals surface area contributed by atoms with Crippen molar-refractivity contribution in [3.8, 4) is 0 Å². The van der Waals surface area contributed by atoms with Crippen molar-refractivity contribution in [2.45, 2.75) is 51.9 Å². The Labute approximate surface area is 148 Å². The summed E-state index contributed by atoms with van der Waals surface area (Å²) in [6.45, 7) is 8.08. The van der Waals surface area contributed by atoms with Gasteiger partial charge in [-0.25, -0.2) is 4.98 Å². The molecule has 0 aliphatic carbocycles. The molecular weight excluding hydrogens is 318 g/mol. The third kappa shape index (κ3) is 4.86. The lowest BCUT2D eigenvalue weighted by atomic mass is 10.1. The van der Waals surface area contributed by atoms with Crippen LogP contribution in [0, 0.1) is 6.92 Å². The molecule has 1 unspecified atom stereocenters. The number of rotatable bonds is 6. The lowest BCUT2D eigenvalue weighted by Crippen LogP contribution is -2.35. The first kappa shape index (κ1) is 17.5. The highest BCUT2D eigenvalue weighted by Gasteiger charge is 2.16. The maximum atomic E-state index is 9.58. The van der Waals surface area contributed by atoms with Gasteiger partial charge in [0.05, 0.1) is 11.1 Å². The summed E-state index contributed by atoms with van der Waals surface area (Å²) in [5.74, 6) is 0. The number of piperidine rings is 1. The third-order valence-corrected chi connectivity index (χ3v) is 5.76. The van der Waals surface area contributed by atoms with Gasteiger partial charge in [0, 0.05) is 43.3 Å². The van der Waals surface area contributed by atoms with Crippen molar-refractivity contribution in [3.05, 3.63) is 51.5 Å². The van der Waals surface area contributed by atoms with Crippen molar-refractivity contribution in [1.82, 2.24) is 15.2 Å². The zero-order chi connectivity index (χ0) is 16.9. The Hall–Kier alpha value is -1.27. The van der Waals surface area contributed by atoms with Crippen LogP contribution in [0.1, 0.15) is 46.8 Å². The van der Waals surface area contributed by atoms with Gasteiger partial charge in [-0.05, 0) is 37.8 Å². The average Bonchev–Trinajstić information content (AvgIpc) is 3.03. The number of aliphatic hydroxyl groups excluding tert-OH is 1. The molecule has 1 saturated heterocycles. The highest BCUT2D eigenvalue weighted by Crippen LogP contribution is 2.20. The van der Waals surface area contributed by atoms with Gasteiger partial charge in [-0.1, -0.05) is 24.3 Å². The topological polar surface area (TPSA) is 48.4 Å². The van der Waals surface area contributed by atoms with E-state index in [0.29, 0.717) is 6.04 Å². The smallest absolute Gasteiger partial charge is 0.0897 e. The second-order valence-corrected chi connectivity index (χ2v) is 7.97. The zero-order valence-corrected chi connectivity index (χ0v) is 15.4. The maximum absolute atomic E-state index is 9.58. The summed E-state index contributed by atoms with van der Waals surface area (Å²) in [7, 11) is 0. The van der Waals surface area contributed by atoms with Crippen molar-refractivity contribution >= 4 is 11.3 Å². The SMILES string of the molecule is Cc1ncc(C(C)NCc2ccc(CN3CCC(O)CC3)cc2)s1. The van der Waals surface area contributed by atoms with Crippen molar-refractivity contribution in [2.24, 2.45) is 0 Å². The molecule has 1 aromatic carbocycles. The second kappa shape index (κ2) is 8.21.